The molecule has 0 bridgehead atoms. The number of furan rings is 1. The molecule has 1 aromatic heterocycles. The van der Waals surface area contributed by atoms with E-state index >= 15 is 0 Å². The van der Waals surface area contributed by atoms with Gasteiger partial charge in [-0.25, -0.2) is 0 Å². The number of hydrogen-bond acceptors (Lipinski definition) is 2. The van der Waals surface area contributed by atoms with Crippen LogP contribution in [0.25, 0.3) is 55.3 Å². The topological polar surface area (TPSA) is 16.4 Å². The monoisotopic (exact) mass is 919 g/mol. The van der Waals surface area contributed by atoms with Gasteiger partial charge in [0.2, 0.25) is 0 Å². The lowest BCUT2D eigenvalue weighted by Crippen LogP contribution is -2.28. The van der Waals surface area contributed by atoms with E-state index in [9.17, 15) is 0 Å². The fraction of sp³-hybridized carbons (Fsp3) is 0.217. The molecule has 0 saturated heterocycles. The molecule has 0 spiro atoms. The van der Waals surface area contributed by atoms with Gasteiger partial charge in [0.15, 0.2) is 0 Å². The predicted octanol–water partition coefficient (Wildman–Crippen LogP) is 18.6. The Balaban J connectivity index is 1.10. The highest BCUT2D eigenvalue weighted by atomic mass is 16.3. The summed E-state index contributed by atoms with van der Waals surface area (Å²) in [5.41, 5.74) is 25.0. The predicted molar refractivity (Wildman–Crippen MR) is 298 cm³/mol. The molecule has 2 nitrogen and oxygen atoms in total. The lowest BCUT2D eigenvalue weighted by Gasteiger charge is -2.35. The van der Waals surface area contributed by atoms with E-state index in [0.717, 1.165) is 22.5 Å². The van der Waals surface area contributed by atoms with Gasteiger partial charge in [0, 0.05) is 44.1 Å². The van der Waals surface area contributed by atoms with Crippen molar-refractivity contribution in [1.29, 1.82) is 0 Å². The van der Waals surface area contributed by atoms with Crippen molar-refractivity contribution in [3.63, 3.8) is 0 Å². The van der Waals surface area contributed by atoms with Gasteiger partial charge in [-0.05, 0) is 131 Å². The van der Waals surface area contributed by atoms with Crippen molar-refractivity contribution >= 4 is 39.0 Å². The van der Waals surface area contributed by atoms with Crippen LogP contribution < -0.4 is 4.90 Å². The largest absolute Gasteiger partial charge is 0.456 e. The summed E-state index contributed by atoms with van der Waals surface area (Å²) in [6.07, 6.45) is 0. The molecule has 0 radical (unpaired) electrons. The first-order valence-electron chi connectivity index (χ1n) is 25.6. The molecule has 9 aromatic carbocycles. The number of benzene rings is 9. The van der Waals surface area contributed by atoms with Gasteiger partial charge in [-0.15, -0.1) is 0 Å². The second-order valence-electron chi connectivity index (χ2n) is 23.7. The van der Waals surface area contributed by atoms with Crippen LogP contribution in [0.1, 0.15) is 125 Å². The summed E-state index contributed by atoms with van der Waals surface area (Å²) in [4.78, 5) is 2.57. The van der Waals surface area contributed by atoms with Gasteiger partial charge in [0.1, 0.15) is 11.2 Å². The third-order valence-corrected chi connectivity index (χ3v) is 16.8. The van der Waals surface area contributed by atoms with Crippen LogP contribution >= 0.6 is 0 Å². The van der Waals surface area contributed by atoms with E-state index in [4.69, 9.17) is 4.42 Å². The van der Waals surface area contributed by atoms with Crippen LogP contribution in [0.15, 0.2) is 192 Å². The van der Waals surface area contributed by atoms with Gasteiger partial charge < -0.3 is 9.32 Å². The SMILES string of the molecule is CC(C)(C)c1cc(C(C)(C)C)c2oc3ccc4c(c3c2c1)C(C)(C)c1cccc(N(c2cccc(C3(c5ccccc5)c5ccccc5-c5ccccc53)c2)c2ccc3c(c2)C(C)(C)c2ccccc2-3)c1-4. The molecule has 0 aliphatic heterocycles. The molecular weight excluding hydrogens is 859 g/mol. The minimum Gasteiger partial charge on any atom is -0.456 e. The van der Waals surface area contributed by atoms with E-state index in [0.29, 0.717) is 0 Å². The molecule has 13 rings (SSSR count). The molecule has 0 amide bonds. The Morgan fingerprint density at radius 2 is 0.986 bits per heavy atom. The van der Waals surface area contributed by atoms with Crippen LogP contribution in [0.2, 0.25) is 0 Å². The molecule has 3 aliphatic rings. The molecule has 0 unspecified atom stereocenters. The zero-order chi connectivity index (χ0) is 49.0. The molecule has 10 aromatic rings. The zero-order valence-electron chi connectivity index (χ0n) is 42.8. The van der Waals surface area contributed by atoms with Crippen LogP contribution in [0.3, 0.4) is 0 Å². The lowest BCUT2D eigenvalue weighted by atomic mass is 9.67. The average Bonchev–Trinajstić information content (AvgIpc) is 4.03. The summed E-state index contributed by atoms with van der Waals surface area (Å²) in [5.74, 6) is 0. The Hall–Kier alpha value is -7.42. The van der Waals surface area contributed by atoms with Crippen molar-refractivity contribution in [2.75, 3.05) is 4.90 Å². The fourth-order valence-electron chi connectivity index (χ4n) is 13.3. The van der Waals surface area contributed by atoms with Crippen LogP contribution in [0.4, 0.5) is 17.1 Å². The number of nitrogens with zero attached hydrogens (tertiary/aromatic N) is 1. The Kier molecular flexibility index (Phi) is 9.09. The summed E-state index contributed by atoms with van der Waals surface area (Å²) in [7, 11) is 0. The highest BCUT2D eigenvalue weighted by molar-refractivity contribution is 6.13. The van der Waals surface area contributed by atoms with Crippen LogP contribution in [-0.2, 0) is 27.1 Å². The maximum absolute atomic E-state index is 7.05. The number of rotatable bonds is 5. The first-order valence-corrected chi connectivity index (χ1v) is 25.6. The first-order chi connectivity index (χ1) is 34.0. The Bertz CT molecular complexity index is 3800. The first kappa shape index (κ1) is 43.6. The lowest BCUT2D eigenvalue weighted by molar-refractivity contribution is 0.559. The van der Waals surface area contributed by atoms with E-state index in [1.54, 1.807) is 0 Å². The van der Waals surface area contributed by atoms with Crippen molar-refractivity contribution in [3.8, 4) is 33.4 Å². The summed E-state index contributed by atoms with van der Waals surface area (Å²) in [6.45, 7) is 23.5. The smallest absolute Gasteiger partial charge is 0.139 e. The standard InChI is InChI=1S/C69H61NO/c1-65(2,3)44-39-52-62-60(71-64(52)58(40-44)66(4,5)6)37-36-51-61-56(68(9,10)63(51)62)32-21-33-59(61)70(46-34-35-50-47-26-14-17-29-53(47)67(7,8)57(50)41-46)45-25-20-24-43(38-45)69(42-22-12-11-13-23-42)54-30-18-15-27-48(54)49-28-16-19-31-55(49)69/h11-41H,1-10H3. The maximum atomic E-state index is 7.05. The molecular formula is C69H61NO. The third-order valence-electron chi connectivity index (χ3n) is 16.8. The van der Waals surface area contributed by atoms with Crippen LogP contribution in [0.5, 0.6) is 0 Å². The Labute approximate surface area is 419 Å². The minimum atomic E-state index is -0.545. The van der Waals surface area contributed by atoms with Gasteiger partial charge in [-0.2, -0.15) is 0 Å². The van der Waals surface area contributed by atoms with Gasteiger partial charge >= 0.3 is 0 Å². The van der Waals surface area contributed by atoms with Crippen molar-refractivity contribution in [1.82, 2.24) is 0 Å². The normalized spacial score (nSPS) is 15.5. The maximum Gasteiger partial charge on any atom is 0.139 e. The van der Waals surface area contributed by atoms with E-state index in [2.05, 4.69) is 262 Å². The summed E-state index contributed by atoms with van der Waals surface area (Å²) in [5, 5.41) is 2.44. The molecule has 3 aliphatic carbocycles. The van der Waals surface area contributed by atoms with Crippen molar-refractivity contribution in [3.05, 3.63) is 244 Å². The van der Waals surface area contributed by atoms with Gasteiger partial charge in [0.25, 0.3) is 0 Å². The molecule has 348 valence electrons. The van der Waals surface area contributed by atoms with Crippen LogP contribution in [-0.4, -0.2) is 0 Å². The summed E-state index contributed by atoms with van der Waals surface area (Å²) < 4.78 is 7.05. The number of anilines is 3. The zero-order valence-corrected chi connectivity index (χ0v) is 42.8. The quantitative estimate of drug-likeness (QED) is 0.171. The highest BCUT2D eigenvalue weighted by Gasteiger charge is 2.47. The summed E-state index contributed by atoms with van der Waals surface area (Å²) >= 11 is 0. The molecule has 0 atom stereocenters. The van der Waals surface area contributed by atoms with E-state index in [-0.39, 0.29) is 21.7 Å². The highest BCUT2D eigenvalue weighted by Crippen LogP contribution is 2.60. The molecule has 0 fully saturated rings. The van der Waals surface area contributed by atoms with E-state index in [1.165, 1.54) is 105 Å². The molecule has 71 heavy (non-hydrogen) atoms. The molecule has 0 saturated carbocycles. The van der Waals surface area contributed by atoms with E-state index < -0.39 is 5.41 Å². The minimum absolute atomic E-state index is 0.0377. The van der Waals surface area contributed by atoms with Crippen molar-refractivity contribution < 1.29 is 4.42 Å². The van der Waals surface area contributed by atoms with Crippen molar-refractivity contribution in [2.45, 2.75) is 96.3 Å². The number of hydrogen-bond donors (Lipinski definition) is 0. The fourth-order valence-corrected chi connectivity index (χ4v) is 13.3. The van der Waals surface area contributed by atoms with Gasteiger partial charge in [-0.3, -0.25) is 0 Å². The van der Waals surface area contributed by atoms with Gasteiger partial charge in [-0.1, -0.05) is 215 Å². The molecule has 2 heteroatoms. The average molecular weight is 920 g/mol. The van der Waals surface area contributed by atoms with Crippen molar-refractivity contribution in [2.24, 2.45) is 0 Å². The van der Waals surface area contributed by atoms with Gasteiger partial charge in [0.05, 0.1) is 11.1 Å². The Morgan fingerprint density at radius 1 is 0.423 bits per heavy atom. The molecule has 1 heterocycles. The number of fused-ring (bicyclic) bond motifs is 13. The summed E-state index contributed by atoms with van der Waals surface area (Å²) in [6, 6.07) is 71.4. The second kappa shape index (κ2) is 14.8. The van der Waals surface area contributed by atoms with E-state index in [1.807, 2.05) is 0 Å². The Morgan fingerprint density at radius 3 is 1.66 bits per heavy atom. The molecule has 0 N–H and O–H groups in total. The third kappa shape index (κ3) is 6.00. The van der Waals surface area contributed by atoms with Crippen LogP contribution in [0, 0.1) is 0 Å². The second-order valence-corrected chi connectivity index (χ2v) is 23.7.